The maximum atomic E-state index is 13.2. The van der Waals surface area contributed by atoms with E-state index in [1.54, 1.807) is 6.20 Å². The summed E-state index contributed by atoms with van der Waals surface area (Å²) in [4.78, 5) is 32.0. The minimum atomic E-state index is -4.69. The molecule has 3 amide bonds. The fourth-order valence-corrected chi connectivity index (χ4v) is 3.59. The molecule has 0 aliphatic heterocycles. The highest BCUT2D eigenvalue weighted by Gasteiger charge is 2.31. The van der Waals surface area contributed by atoms with Gasteiger partial charge in [0.05, 0.1) is 18.4 Å². The zero-order chi connectivity index (χ0) is 28.2. The van der Waals surface area contributed by atoms with E-state index in [1.807, 2.05) is 31.2 Å². The van der Waals surface area contributed by atoms with E-state index >= 15 is 0 Å². The van der Waals surface area contributed by atoms with Gasteiger partial charge in [-0.1, -0.05) is 24.3 Å². The summed E-state index contributed by atoms with van der Waals surface area (Å²) in [7, 11) is 1.50. The Morgan fingerprint density at radius 1 is 1.10 bits per heavy atom. The molecule has 0 bridgehead atoms. The van der Waals surface area contributed by atoms with Crippen LogP contribution in [0, 0.1) is 6.92 Å². The molecule has 0 unspecified atom stereocenters. The number of aryl methyl sites for hydroxylation is 1. The molecule has 14 heteroatoms. The van der Waals surface area contributed by atoms with Crippen LogP contribution in [-0.4, -0.2) is 34.3 Å². The predicted molar refractivity (Wildman–Crippen MR) is 132 cm³/mol. The summed E-state index contributed by atoms with van der Waals surface area (Å²) in [6.07, 6.45) is -1.65. The number of ether oxygens (including phenoxy) is 1. The van der Waals surface area contributed by atoms with Crippen molar-refractivity contribution in [3.63, 3.8) is 0 Å². The van der Waals surface area contributed by atoms with Crippen molar-refractivity contribution >= 4 is 29.2 Å². The number of carbonyl (C=O) groups excluding carboxylic acids is 2. The lowest BCUT2D eigenvalue weighted by molar-refractivity contribution is -0.754. The van der Waals surface area contributed by atoms with Crippen molar-refractivity contribution in [2.45, 2.75) is 26.6 Å². The number of anilines is 2. The van der Waals surface area contributed by atoms with E-state index in [9.17, 15) is 22.8 Å². The lowest BCUT2D eigenvalue weighted by Crippen LogP contribution is -2.35. The second kappa shape index (κ2) is 11.2. The Morgan fingerprint density at radius 3 is 2.41 bits per heavy atom. The lowest BCUT2D eigenvalue weighted by Gasteiger charge is -2.17. The second-order valence-electron chi connectivity index (χ2n) is 8.31. The summed E-state index contributed by atoms with van der Waals surface area (Å²) >= 11 is 0. The van der Waals surface area contributed by atoms with Gasteiger partial charge in [-0.15, -0.1) is 0 Å². The number of alkyl halides is 3. The summed E-state index contributed by atoms with van der Waals surface area (Å²) < 4.78 is 51.1. The number of aromatic nitrogens is 4. The maximum absolute atomic E-state index is 13.2. The summed E-state index contributed by atoms with van der Waals surface area (Å²) in [6.45, 7) is 3.31. The van der Waals surface area contributed by atoms with Crippen LogP contribution in [0.2, 0.25) is 0 Å². The van der Waals surface area contributed by atoms with Gasteiger partial charge in [-0.2, -0.15) is 18.2 Å². The number of nitrogens with one attached hydrogen (secondary N) is 2. The number of halogens is 3. The maximum Gasteiger partial charge on any atom is 0.416 e. The molecule has 2 aromatic carbocycles. The average molecular weight is 541 g/mol. The molecule has 0 aliphatic carbocycles. The van der Waals surface area contributed by atoms with E-state index < -0.39 is 23.7 Å². The highest BCUT2D eigenvalue weighted by molar-refractivity contribution is 6.03. The molecule has 0 aliphatic rings. The first-order chi connectivity index (χ1) is 18.5. The fourth-order valence-electron chi connectivity index (χ4n) is 3.59. The summed E-state index contributed by atoms with van der Waals surface area (Å²) in [6, 6.07) is 9.51. The molecule has 0 radical (unpaired) electrons. The largest absolute Gasteiger partial charge is 0.467 e. The number of methoxy groups -OCH3 is 1. The van der Waals surface area contributed by atoms with Crippen LogP contribution in [0.3, 0.4) is 0 Å². The molecule has 0 atom stereocenters. The Kier molecular flexibility index (Phi) is 7.74. The van der Waals surface area contributed by atoms with Crippen LogP contribution in [-0.2, 0) is 17.5 Å². The third kappa shape index (κ3) is 7.06. The smallest absolute Gasteiger partial charge is 0.416 e. The average Bonchev–Trinajstić information content (AvgIpc) is 3.29. The number of hydrogen-bond acceptors (Lipinski definition) is 7. The summed E-state index contributed by atoms with van der Waals surface area (Å²) in [5, 5.41) is 12.0. The summed E-state index contributed by atoms with van der Waals surface area (Å²) in [5.41, 5.74) is 2.00. The molecule has 2 heterocycles. The number of amides is 3. The number of hydrogen-bond donors (Lipinski definition) is 2. The highest BCUT2D eigenvalue weighted by atomic mass is 19.4. The molecule has 4 aromatic rings. The van der Waals surface area contributed by atoms with Crippen molar-refractivity contribution in [2.75, 3.05) is 17.7 Å². The minimum Gasteiger partial charge on any atom is -0.467 e. The van der Waals surface area contributed by atoms with Crippen LogP contribution in [0.15, 0.2) is 59.4 Å². The van der Waals surface area contributed by atoms with Crippen LogP contribution < -0.4 is 20.1 Å². The first kappa shape index (κ1) is 27.0. The van der Waals surface area contributed by atoms with Crippen LogP contribution in [0.4, 0.5) is 35.2 Å². The van der Waals surface area contributed by atoms with E-state index in [1.165, 1.54) is 24.1 Å². The van der Waals surface area contributed by atoms with E-state index in [0.29, 0.717) is 6.54 Å². The van der Waals surface area contributed by atoms with Gasteiger partial charge >= 0.3 is 12.2 Å². The number of nitrogens with zero attached hydrogens (tertiary/aromatic N) is 5. The molecule has 0 spiro atoms. The summed E-state index contributed by atoms with van der Waals surface area (Å²) in [5.74, 6) is -0.730. The van der Waals surface area contributed by atoms with Crippen molar-refractivity contribution < 1.29 is 36.7 Å². The van der Waals surface area contributed by atoms with Crippen molar-refractivity contribution in [2.24, 2.45) is 0 Å². The van der Waals surface area contributed by atoms with Gasteiger partial charge in [0.25, 0.3) is 0 Å². The zero-order valence-corrected chi connectivity index (χ0v) is 20.9. The SMILES string of the molecule is COc1ncc(-c2ccc(C[n+]3cc([N-]C(=O)Nc4cc(NC(C)=O)cc(C(F)(F)F)c4)on3)cc2)c(C)n1. The Morgan fingerprint density at radius 2 is 1.79 bits per heavy atom. The fraction of sp³-hybridized carbons (Fsp3) is 0.200. The van der Waals surface area contributed by atoms with Gasteiger partial charge < -0.3 is 25.2 Å². The molecule has 0 saturated heterocycles. The van der Waals surface area contributed by atoms with Crippen molar-refractivity contribution in [1.82, 2.24) is 15.2 Å². The van der Waals surface area contributed by atoms with Crippen molar-refractivity contribution in [3.8, 4) is 17.1 Å². The van der Waals surface area contributed by atoms with Crippen molar-refractivity contribution in [1.29, 1.82) is 0 Å². The highest BCUT2D eigenvalue weighted by Crippen LogP contribution is 2.34. The molecule has 4 rings (SSSR count). The van der Waals surface area contributed by atoms with Crippen molar-refractivity contribution in [3.05, 3.63) is 77.0 Å². The molecule has 2 N–H and O–H groups in total. The first-order valence-corrected chi connectivity index (χ1v) is 11.4. The van der Waals surface area contributed by atoms with Crippen LogP contribution >= 0.6 is 0 Å². The molecule has 2 aromatic heterocycles. The van der Waals surface area contributed by atoms with Crippen LogP contribution in [0.5, 0.6) is 6.01 Å². The number of rotatable bonds is 7. The number of benzene rings is 2. The molecule has 0 saturated carbocycles. The van der Waals surface area contributed by atoms with Gasteiger partial charge in [-0.05, 0) is 41.1 Å². The molecule has 0 fully saturated rings. The van der Waals surface area contributed by atoms with Crippen LogP contribution in [0.1, 0.15) is 23.7 Å². The standard InChI is InChI=1S/C25H22F3N7O4/c1-14-21(11-29-24(30-14)38-3)17-6-4-16(5-7-17)12-35-13-22(39-34-35)33-23(37)32-20-9-18(25(26,27)28)8-19(10-20)31-15(2)36/h4-11,13H,12H2,1-3H3,(H2-,31,32,33,34,36,37). The topological polar surface area (TPSA) is 137 Å². The quantitative estimate of drug-likeness (QED) is 0.314. The van der Waals surface area contributed by atoms with Gasteiger partial charge in [0.1, 0.15) is 0 Å². The lowest BCUT2D eigenvalue weighted by atomic mass is 10.0. The van der Waals surface area contributed by atoms with E-state index in [0.717, 1.165) is 41.4 Å². The van der Waals surface area contributed by atoms with E-state index in [2.05, 4.69) is 31.2 Å². The normalized spacial score (nSPS) is 11.1. The Bertz CT molecular complexity index is 1500. The van der Waals surface area contributed by atoms with Gasteiger partial charge in [0, 0.05) is 29.9 Å². The van der Waals surface area contributed by atoms with Gasteiger partial charge in [0.2, 0.25) is 24.5 Å². The third-order valence-electron chi connectivity index (χ3n) is 5.29. The molecule has 39 heavy (non-hydrogen) atoms. The number of carbonyl (C=O) groups is 2. The minimum absolute atomic E-state index is 0.133. The molecule has 202 valence electrons. The molecule has 11 nitrogen and oxygen atoms in total. The monoisotopic (exact) mass is 541 g/mol. The predicted octanol–water partition coefficient (Wildman–Crippen LogP) is 5.00. The van der Waals surface area contributed by atoms with Gasteiger partial charge in [0.15, 0.2) is 11.3 Å². The zero-order valence-electron chi connectivity index (χ0n) is 20.9. The molecular formula is C25H22F3N7O4. The van der Waals surface area contributed by atoms with Crippen LogP contribution in [0.25, 0.3) is 16.4 Å². The Hall–Kier alpha value is -5.01. The number of urea groups is 1. The Labute approximate surface area is 220 Å². The van der Waals surface area contributed by atoms with E-state index in [4.69, 9.17) is 9.26 Å². The third-order valence-corrected chi connectivity index (χ3v) is 5.29. The van der Waals surface area contributed by atoms with Gasteiger partial charge in [-0.3, -0.25) is 9.59 Å². The Balaban J connectivity index is 1.40. The van der Waals surface area contributed by atoms with E-state index in [-0.39, 0.29) is 23.3 Å². The molecular weight excluding hydrogens is 519 g/mol. The second-order valence-corrected chi connectivity index (χ2v) is 8.31. The van der Waals surface area contributed by atoms with Gasteiger partial charge in [-0.25, -0.2) is 4.98 Å². The first-order valence-electron chi connectivity index (χ1n) is 11.4.